The third kappa shape index (κ3) is 5.35. The first-order valence-electron chi connectivity index (χ1n) is 9.86. The highest BCUT2D eigenvalue weighted by molar-refractivity contribution is 6.31. The van der Waals surface area contributed by atoms with E-state index in [4.69, 9.17) is 26.8 Å². The molecule has 0 unspecified atom stereocenters. The van der Waals surface area contributed by atoms with E-state index >= 15 is 0 Å². The predicted octanol–water partition coefficient (Wildman–Crippen LogP) is 4.38. The van der Waals surface area contributed by atoms with Crippen molar-refractivity contribution in [3.63, 3.8) is 0 Å². The Morgan fingerprint density at radius 1 is 1.12 bits per heavy atom. The van der Waals surface area contributed by atoms with E-state index in [9.17, 15) is 14.3 Å². The number of hydrogen-bond donors (Lipinski definition) is 3. The quantitative estimate of drug-likeness (QED) is 0.472. The minimum Gasteiger partial charge on any atom is -0.504 e. The number of hydrogen-bond acceptors (Lipinski definition) is 6. The van der Waals surface area contributed by atoms with Crippen LogP contribution in [0.2, 0.25) is 5.02 Å². The summed E-state index contributed by atoms with van der Waals surface area (Å²) in [6.07, 6.45) is 0. The Labute approximate surface area is 195 Å². The van der Waals surface area contributed by atoms with Crippen LogP contribution in [0, 0.1) is 5.82 Å². The van der Waals surface area contributed by atoms with Crippen molar-refractivity contribution in [1.82, 2.24) is 10.3 Å². The number of aromatic nitrogens is 1. The number of carbonyl (C=O) groups excluding carboxylic acids is 1. The summed E-state index contributed by atoms with van der Waals surface area (Å²) in [7, 11) is 2.90. The summed E-state index contributed by atoms with van der Waals surface area (Å²) in [4.78, 5) is 17.3. The van der Waals surface area contributed by atoms with E-state index in [0.29, 0.717) is 39.5 Å². The number of nitrogens with zero attached hydrogens (tertiary/aromatic N) is 1. The average molecular weight is 472 g/mol. The lowest BCUT2D eigenvalue weighted by Gasteiger charge is -2.15. The van der Waals surface area contributed by atoms with Crippen LogP contribution in [0.25, 0.3) is 16.8 Å². The van der Waals surface area contributed by atoms with Gasteiger partial charge in [-0.05, 0) is 55.5 Å². The number of nitrogens with two attached hydrogens (primary N) is 1. The van der Waals surface area contributed by atoms with Crippen LogP contribution in [0.1, 0.15) is 23.0 Å². The Balaban J connectivity index is 1.90. The Bertz CT molecular complexity index is 1230. The molecule has 1 aromatic heterocycles. The molecule has 0 aliphatic carbocycles. The van der Waals surface area contributed by atoms with E-state index in [-0.39, 0.29) is 29.0 Å². The second kappa shape index (κ2) is 10.2. The van der Waals surface area contributed by atoms with E-state index in [1.165, 1.54) is 44.6 Å². The summed E-state index contributed by atoms with van der Waals surface area (Å²) in [5.74, 6) is -0.333. The minimum absolute atomic E-state index is 0.0379. The molecule has 2 aromatic carbocycles. The molecule has 1 amide bonds. The lowest BCUT2D eigenvalue weighted by atomic mass is 10.1. The highest BCUT2D eigenvalue weighted by Crippen LogP contribution is 2.32. The summed E-state index contributed by atoms with van der Waals surface area (Å²) < 4.78 is 24.1. The number of phenolic OH excluding ortho intramolecular Hbond substituents is 1. The first-order chi connectivity index (χ1) is 15.7. The van der Waals surface area contributed by atoms with Crippen LogP contribution in [0.3, 0.4) is 0 Å². The zero-order chi connectivity index (χ0) is 24.1. The number of rotatable bonds is 7. The molecule has 0 radical (unpaired) electrons. The SMILES string of the molecule is COc1cc(C(=O)NC/C(=C(/C)N)c2ccc(OC)c(-c3ccc(F)c(Cl)c3)n2)ccc1O. The van der Waals surface area contributed by atoms with Gasteiger partial charge in [0, 0.05) is 28.9 Å². The number of nitrogens with one attached hydrogen (secondary N) is 1. The van der Waals surface area contributed by atoms with Crippen molar-refractivity contribution < 1.29 is 23.8 Å². The second-order valence-corrected chi connectivity index (χ2v) is 7.51. The fourth-order valence-electron chi connectivity index (χ4n) is 3.15. The van der Waals surface area contributed by atoms with Gasteiger partial charge in [0.05, 0.1) is 24.9 Å². The van der Waals surface area contributed by atoms with Gasteiger partial charge in [-0.15, -0.1) is 0 Å². The van der Waals surface area contributed by atoms with E-state index in [1.807, 2.05) is 0 Å². The van der Waals surface area contributed by atoms with Crippen molar-refractivity contribution in [3.05, 3.63) is 76.3 Å². The maximum Gasteiger partial charge on any atom is 0.251 e. The Morgan fingerprint density at radius 2 is 1.85 bits per heavy atom. The van der Waals surface area contributed by atoms with Crippen LogP contribution in [0.15, 0.2) is 54.2 Å². The number of phenols is 1. The summed E-state index contributed by atoms with van der Waals surface area (Å²) in [5, 5.41) is 12.5. The molecular weight excluding hydrogens is 449 g/mol. The van der Waals surface area contributed by atoms with Gasteiger partial charge in [-0.25, -0.2) is 9.37 Å². The summed E-state index contributed by atoms with van der Waals surface area (Å²) >= 11 is 5.94. The van der Waals surface area contributed by atoms with Crippen molar-refractivity contribution >= 4 is 23.1 Å². The number of methoxy groups -OCH3 is 2. The Hall–Kier alpha value is -3.78. The Kier molecular flexibility index (Phi) is 7.40. The molecule has 7 nitrogen and oxygen atoms in total. The molecule has 33 heavy (non-hydrogen) atoms. The van der Waals surface area contributed by atoms with Crippen LogP contribution in [0.4, 0.5) is 4.39 Å². The van der Waals surface area contributed by atoms with E-state index in [1.54, 1.807) is 25.1 Å². The molecule has 0 fully saturated rings. The standard InChI is InChI=1S/C24H23ClFN3O4/c1-13(27)16(12-28-24(31)15-5-8-20(30)22(11-15)33-3)19-7-9-21(32-2)23(29-19)14-4-6-18(26)17(25)10-14/h4-11,30H,12,27H2,1-3H3,(H,28,31)/b16-13+. The van der Waals surface area contributed by atoms with Gasteiger partial charge in [0.15, 0.2) is 11.5 Å². The topological polar surface area (TPSA) is 107 Å². The molecule has 0 spiro atoms. The largest absolute Gasteiger partial charge is 0.504 e. The van der Waals surface area contributed by atoms with Gasteiger partial charge < -0.3 is 25.6 Å². The van der Waals surface area contributed by atoms with Crippen LogP contribution in [-0.4, -0.2) is 36.8 Å². The van der Waals surface area contributed by atoms with Gasteiger partial charge in [0.25, 0.3) is 5.91 Å². The number of benzene rings is 2. The van der Waals surface area contributed by atoms with Crippen LogP contribution in [0.5, 0.6) is 17.2 Å². The first kappa shape index (κ1) is 23.9. The molecule has 0 saturated heterocycles. The van der Waals surface area contributed by atoms with Gasteiger partial charge in [-0.2, -0.15) is 0 Å². The third-order valence-electron chi connectivity index (χ3n) is 4.92. The van der Waals surface area contributed by atoms with Gasteiger partial charge in [-0.3, -0.25) is 4.79 Å². The lowest BCUT2D eigenvalue weighted by molar-refractivity contribution is 0.0958. The fraction of sp³-hybridized carbons (Fsp3) is 0.167. The lowest BCUT2D eigenvalue weighted by Crippen LogP contribution is -2.26. The molecule has 0 saturated carbocycles. The molecular formula is C24H23ClFN3O4. The molecule has 0 aliphatic heterocycles. The zero-order valence-electron chi connectivity index (χ0n) is 18.3. The highest BCUT2D eigenvalue weighted by Gasteiger charge is 2.16. The van der Waals surface area contributed by atoms with Gasteiger partial charge in [0.2, 0.25) is 0 Å². The molecule has 0 bridgehead atoms. The first-order valence-corrected chi connectivity index (χ1v) is 10.2. The highest BCUT2D eigenvalue weighted by atomic mass is 35.5. The average Bonchev–Trinajstić information content (AvgIpc) is 2.80. The van der Waals surface area contributed by atoms with Crippen molar-refractivity contribution in [2.75, 3.05) is 20.8 Å². The molecule has 0 atom stereocenters. The van der Waals surface area contributed by atoms with Crippen LogP contribution in [-0.2, 0) is 0 Å². The van der Waals surface area contributed by atoms with Gasteiger partial charge in [0.1, 0.15) is 17.3 Å². The van der Waals surface area contributed by atoms with Gasteiger partial charge >= 0.3 is 0 Å². The van der Waals surface area contributed by atoms with Crippen molar-refractivity contribution in [2.45, 2.75) is 6.92 Å². The molecule has 1 heterocycles. The van der Waals surface area contributed by atoms with E-state index < -0.39 is 5.82 Å². The Morgan fingerprint density at radius 3 is 2.48 bits per heavy atom. The third-order valence-corrected chi connectivity index (χ3v) is 5.21. The van der Waals surface area contributed by atoms with E-state index in [0.717, 1.165) is 0 Å². The van der Waals surface area contributed by atoms with Crippen LogP contribution >= 0.6 is 11.6 Å². The predicted molar refractivity (Wildman–Crippen MR) is 125 cm³/mol. The molecule has 3 aromatic rings. The summed E-state index contributed by atoms with van der Waals surface area (Å²) in [6.45, 7) is 1.79. The number of ether oxygens (including phenoxy) is 2. The van der Waals surface area contributed by atoms with Crippen molar-refractivity contribution in [2.24, 2.45) is 5.73 Å². The molecule has 9 heteroatoms. The molecule has 3 rings (SSSR count). The number of carbonyl (C=O) groups is 1. The monoisotopic (exact) mass is 471 g/mol. The fourth-order valence-corrected chi connectivity index (χ4v) is 3.33. The van der Waals surface area contributed by atoms with E-state index in [2.05, 4.69) is 10.3 Å². The van der Waals surface area contributed by atoms with Gasteiger partial charge in [-0.1, -0.05) is 11.6 Å². The minimum atomic E-state index is -0.539. The normalized spacial score (nSPS) is 11.5. The molecule has 4 N–H and O–H groups in total. The number of pyridine rings is 1. The number of aromatic hydroxyl groups is 1. The summed E-state index contributed by atoms with van der Waals surface area (Å²) in [6, 6.07) is 12.0. The number of amides is 1. The second-order valence-electron chi connectivity index (χ2n) is 7.11. The smallest absolute Gasteiger partial charge is 0.251 e. The summed E-state index contributed by atoms with van der Waals surface area (Å²) in [5.41, 5.74) is 8.97. The maximum absolute atomic E-state index is 13.6. The van der Waals surface area contributed by atoms with Crippen molar-refractivity contribution in [3.8, 4) is 28.5 Å². The molecule has 172 valence electrons. The zero-order valence-corrected chi connectivity index (χ0v) is 19.0. The number of halogens is 2. The maximum atomic E-state index is 13.6. The number of allylic oxidation sites excluding steroid dienone is 1. The van der Waals surface area contributed by atoms with Crippen LogP contribution < -0.4 is 20.5 Å². The van der Waals surface area contributed by atoms with Crippen molar-refractivity contribution in [1.29, 1.82) is 0 Å². The molecule has 0 aliphatic rings.